The fourth-order valence-electron chi connectivity index (χ4n) is 4.75. The molecular formula is C33H35FN4O6. The summed E-state index contributed by atoms with van der Waals surface area (Å²) in [6.07, 6.45) is -0.562. The van der Waals surface area contributed by atoms with Crippen molar-refractivity contribution in [1.29, 1.82) is 0 Å². The fraction of sp³-hybridized carbons (Fsp3) is 0.273. The van der Waals surface area contributed by atoms with Crippen molar-refractivity contribution >= 4 is 40.2 Å². The number of pyridine rings is 1. The first-order chi connectivity index (χ1) is 20.7. The number of carboxylic acids is 1. The van der Waals surface area contributed by atoms with Crippen molar-refractivity contribution < 1.29 is 28.6 Å². The van der Waals surface area contributed by atoms with E-state index in [2.05, 4.69) is 10.3 Å². The van der Waals surface area contributed by atoms with Crippen LogP contribution in [-0.4, -0.2) is 59.2 Å². The van der Waals surface area contributed by atoms with Crippen molar-refractivity contribution in [2.24, 2.45) is 0 Å². The number of aromatic nitrogens is 1. The summed E-state index contributed by atoms with van der Waals surface area (Å²) >= 11 is 0. The number of H-pyrrole nitrogens is 1. The average Bonchev–Trinajstić information content (AvgIpc) is 2.95. The highest BCUT2D eigenvalue weighted by Crippen LogP contribution is 2.30. The summed E-state index contributed by atoms with van der Waals surface area (Å²) in [5, 5.41) is 12.1. The highest BCUT2D eigenvalue weighted by molar-refractivity contribution is 6.08. The molecule has 0 radical (unpaired) electrons. The fourth-order valence-corrected chi connectivity index (χ4v) is 4.75. The Morgan fingerprint density at radius 2 is 1.66 bits per heavy atom. The molecule has 4 rings (SSSR count). The second-order valence-corrected chi connectivity index (χ2v) is 11.5. The molecule has 0 bridgehead atoms. The number of amides is 2. The summed E-state index contributed by atoms with van der Waals surface area (Å²) in [5.41, 5.74) is 0.578. The number of hydrogen-bond donors (Lipinski definition) is 3. The van der Waals surface area contributed by atoms with Crippen LogP contribution in [0, 0.1) is 5.82 Å². The lowest BCUT2D eigenvalue weighted by molar-refractivity contribution is 0.0300. The Bertz CT molecular complexity index is 1750. The van der Waals surface area contributed by atoms with E-state index in [0.29, 0.717) is 23.1 Å². The van der Waals surface area contributed by atoms with Crippen LogP contribution in [0.3, 0.4) is 0 Å². The van der Waals surface area contributed by atoms with E-state index in [1.807, 2.05) is 30.3 Å². The number of halogens is 1. The predicted octanol–water partition coefficient (Wildman–Crippen LogP) is 5.66. The van der Waals surface area contributed by atoms with Crippen LogP contribution in [0.25, 0.3) is 10.9 Å². The molecule has 230 valence electrons. The lowest BCUT2D eigenvalue weighted by atomic mass is 9.98. The number of fused-ring (bicyclic) bond motifs is 1. The van der Waals surface area contributed by atoms with Gasteiger partial charge in [-0.2, -0.15) is 0 Å². The van der Waals surface area contributed by atoms with Crippen molar-refractivity contribution in [3.8, 4) is 0 Å². The van der Waals surface area contributed by atoms with Crippen LogP contribution in [0.4, 0.5) is 20.6 Å². The molecule has 44 heavy (non-hydrogen) atoms. The summed E-state index contributed by atoms with van der Waals surface area (Å²) in [6.45, 7) is 5.71. The number of benzene rings is 3. The first-order valence-electron chi connectivity index (χ1n) is 14.0. The molecule has 3 N–H and O–H groups in total. The second-order valence-electron chi connectivity index (χ2n) is 11.5. The summed E-state index contributed by atoms with van der Waals surface area (Å²) in [5.74, 6) is -2.47. The summed E-state index contributed by atoms with van der Waals surface area (Å²) in [7, 11) is 3.31. The zero-order chi connectivity index (χ0) is 32.2. The summed E-state index contributed by atoms with van der Waals surface area (Å²) in [6, 6.07) is 17.6. The van der Waals surface area contributed by atoms with Gasteiger partial charge in [-0.15, -0.1) is 0 Å². The number of likely N-dealkylation sites (N-methyl/N-ethyl adjacent to an activating group) is 1. The quantitative estimate of drug-likeness (QED) is 0.225. The van der Waals surface area contributed by atoms with E-state index in [-0.39, 0.29) is 35.3 Å². The van der Waals surface area contributed by atoms with Gasteiger partial charge in [0.2, 0.25) is 0 Å². The van der Waals surface area contributed by atoms with Gasteiger partial charge in [0.05, 0.1) is 16.8 Å². The maximum Gasteiger partial charge on any atom is 0.410 e. The molecule has 0 fully saturated rings. The smallest absolute Gasteiger partial charge is 0.410 e. The van der Waals surface area contributed by atoms with Crippen molar-refractivity contribution in [3.63, 3.8) is 0 Å². The van der Waals surface area contributed by atoms with Gasteiger partial charge in [0, 0.05) is 38.3 Å². The van der Waals surface area contributed by atoms with E-state index >= 15 is 4.39 Å². The molecule has 1 heterocycles. The third kappa shape index (κ3) is 7.60. The second kappa shape index (κ2) is 13.0. The number of nitrogens with one attached hydrogen (secondary N) is 2. The topological polar surface area (TPSA) is 132 Å². The third-order valence-electron chi connectivity index (χ3n) is 6.87. The van der Waals surface area contributed by atoms with E-state index in [1.54, 1.807) is 32.7 Å². The SMILES string of the molecule is CN(CCc1c(C(=O)Nc2ccc(C(=O)O)cc2)c(=O)[nH]c2c(N(C)Cc3ccccc3)cc(F)cc12)C(=O)OC(C)(C)C. The monoisotopic (exact) mass is 602 g/mol. The first kappa shape index (κ1) is 31.7. The molecule has 0 aliphatic rings. The maximum atomic E-state index is 15.2. The molecule has 0 saturated heterocycles. The number of aromatic amines is 1. The van der Waals surface area contributed by atoms with Gasteiger partial charge < -0.3 is 29.9 Å². The van der Waals surface area contributed by atoms with Gasteiger partial charge in [0.25, 0.3) is 11.5 Å². The van der Waals surface area contributed by atoms with E-state index < -0.39 is 34.9 Å². The zero-order valence-corrected chi connectivity index (χ0v) is 25.2. The number of ether oxygens (including phenoxy) is 1. The van der Waals surface area contributed by atoms with Crippen LogP contribution in [-0.2, 0) is 17.7 Å². The summed E-state index contributed by atoms with van der Waals surface area (Å²) < 4.78 is 20.7. The highest BCUT2D eigenvalue weighted by Gasteiger charge is 2.25. The molecule has 0 aliphatic carbocycles. The Morgan fingerprint density at radius 1 is 1.00 bits per heavy atom. The maximum absolute atomic E-state index is 15.2. The Balaban J connectivity index is 1.79. The van der Waals surface area contributed by atoms with Gasteiger partial charge in [0.15, 0.2) is 0 Å². The molecule has 4 aromatic rings. The molecule has 3 aromatic carbocycles. The molecule has 1 aromatic heterocycles. The van der Waals surface area contributed by atoms with E-state index in [1.165, 1.54) is 48.3 Å². The number of aromatic carboxylic acids is 1. The molecule has 0 spiro atoms. The van der Waals surface area contributed by atoms with Crippen molar-refractivity contribution in [2.75, 3.05) is 30.9 Å². The van der Waals surface area contributed by atoms with E-state index in [0.717, 1.165) is 5.56 Å². The van der Waals surface area contributed by atoms with Crippen LogP contribution in [0.15, 0.2) is 71.5 Å². The molecular weight excluding hydrogens is 567 g/mol. The van der Waals surface area contributed by atoms with Crippen LogP contribution >= 0.6 is 0 Å². The van der Waals surface area contributed by atoms with Crippen LogP contribution in [0.1, 0.15) is 52.6 Å². The number of nitrogens with zero attached hydrogens (tertiary/aromatic N) is 2. The largest absolute Gasteiger partial charge is 0.478 e. The molecule has 0 aliphatic heterocycles. The molecule has 2 amide bonds. The highest BCUT2D eigenvalue weighted by atomic mass is 19.1. The van der Waals surface area contributed by atoms with Crippen molar-refractivity contribution in [1.82, 2.24) is 9.88 Å². The summed E-state index contributed by atoms with van der Waals surface area (Å²) in [4.78, 5) is 57.0. The van der Waals surface area contributed by atoms with Crippen molar-refractivity contribution in [3.05, 3.63) is 105 Å². The Morgan fingerprint density at radius 3 is 2.27 bits per heavy atom. The number of anilines is 2. The molecule has 11 heteroatoms. The normalized spacial score (nSPS) is 11.2. The molecule has 0 atom stereocenters. The number of hydrogen-bond acceptors (Lipinski definition) is 6. The molecule has 0 unspecified atom stereocenters. The first-order valence-corrected chi connectivity index (χ1v) is 14.0. The lowest BCUT2D eigenvalue weighted by Gasteiger charge is -2.25. The Kier molecular flexibility index (Phi) is 9.37. The number of carboxylic acid groups (broad SMARTS) is 1. The standard InChI is InChI=1S/C33H35FN4O6/c1-33(2,3)44-32(43)37(4)16-15-24-25-17-22(34)18-26(38(5)19-20-9-7-6-8-10-20)28(25)36-30(40)27(24)29(39)35-23-13-11-21(12-14-23)31(41)42/h6-14,17-18H,15-16,19H2,1-5H3,(H,35,39)(H,36,40)(H,41,42). The van der Waals surface area contributed by atoms with Gasteiger partial charge in [-0.1, -0.05) is 30.3 Å². The zero-order valence-electron chi connectivity index (χ0n) is 25.2. The third-order valence-corrected chi connectivity index (χ3v) is 6.87. The van der Waals surface area contributed by atoms with Crippen LogP contribution in [0.5, 0.6) is 0 Å². The lowest BCUT2D eigenvalue weighted by Crippen LogP contribution is -2.36. The van der Waals surface area contributed by atoms with Gasteiger partial charge >= 0.3 is 12.1 Å². The minimum Gasteiger partial charge on any atom is -0.478 e. The van der Waals surface area contributed by atoms with Gasteiger partial charge in [-0.05, 0) is 74.7 Å². The minimum atomic E-state index is -1.12. The number of carbonyl (C=O) groups is 3. The van der Waals surface area contributed by atoms with E-state index in [4.69, 9.17) is 4.74 Å². The molecule has 10 nitrogen and oxygen atoms in total. The Labute approximate surface area is 254 Å². The van der Waals surface area contributed by atoms with Gasteiger partial charge in [-0.25, -0.2) is 14.0 Å². The van der Waals surface area contributed by atoms with E-state index in [9.17, 15) is 24.3 Å². The Hall–Kier alpha value is -5.19. The predicted molar refractivity (Wildman–Crippen MR) is 167 cm³/mol. The average molecular weight is 603 g/mol. The number of rotatable bonds is 9. The van der Waals surface area contributed by atoms with Gasteiger partial charge in [-0.3, -0.25) is 9.59 Å². The van der Waals surface area contributed by atoms with Gasteiger partial charge in [0.1, 0.15) is 17.0 Å². The number of carbonyl (C=O) groups excluding carboxylic acids is 2. The van der Waals surface area contributed by atoms with Crippen molar-refractivity contribution in [2.45, 2.75) is 39.3 Å². The molecule has 0 saturated carbocycles. The van der Waals surface area contributed by atoms with Crippen LogP contribution in [0.2, 0.25) is 0 Å². The van der Waals surface area contributed by atoms with Crippen LogP contribution < -0.4 is 15.8 Å². The minimum absolute atomic E-state index is 0.0278.